The van der Waals surface area contributed by atoms with Gasteiger partial charge in [-0.1, -0.05) is 11.6 Å². The molecule has 0 spiro atoms. The molecule has 2 aromatic rings. The Bertz CT molecular complexity index is 659. The normalized spacial score (nSPS) is 10.4. The van der Waals surface area contributed by atoms with E-state index in [0.29, 0.717) is 22.3 Å². The number of carbonyl (C=O) groups excluding carboxylic acids is 1. The van der Waals surface area contributed by atoms with E-state index in [4.69, 9.17) is 16.3 Å². The lowest BCUT2D eigenvalue weighted by molar-refractivity contribution is 0.102. The van der Waals surface area contributed by atoms with E-state index in [9.17, 15) is 4.79 Å². The maximum Gasteiger partial charge on any atom is 0.276 e. The number of anilines is 2. The lowest BCUT2D eigenvalue weighted by atomic mass is 10.3. The van der Waals surface area contributed by atoms with Crippen molar-refractivity contribution in [3.8, 4) is 5.75 Å². The molecular weight excluding hydrogens is 304 g/mol. The average Bonchev–Trinajstić information content (AvgIpc) is 2.47. The van der Waals surface area contributed by atoms with Gasteiger partial charge in [-0.3, -0.25) is 4.79 Å². The van der Waals surface area contributed by atoms with Crippen molar-refractivity contribution in [1.82, 2.24) is 10.2 Å². The largest absolute Gasteiger partial charge is 0.495 e. The van der Waals surface area contributed by atoms with E-state index in [1.54, 1.807) is 30.3 Å². The van der Waals surface area contributed by atoms with Gasteiger partial charge in [0.25, 0.3) is 5.91 Å². The number of hydrogen-bond acceptors (Lipinski definition) is 5. The number of carbonyl (C=O) groups is 1. The topological polar surface area (TPSA) is 76.1 Å². The van der Waals surface area contributed by atoms with Crippen molar-refractivity contribution in [2.45, 2.75) is 19.9 Å². The van der Waals surface area contributed by atoms with E-state index in [-0.39, 0.29) is 17.6 Å². The highest BCUT2D eigenvalue weighted by Gasteiger charge is 2.10. The van der Waals surface area contributed by atoms with Gasteiger partial charge in [0.2, 0.25) is 0 Å². The fourth-order valence-electron chi connectivity index (χ4n) is 1.77. The molecule has 1 amide bonds. The van der Waals surface area contributed by atoms with Gasteiger partial charge in [-0.05, 0) is 44.2 Å². The molecule has 0 unspecified atom stereocenters. The Hall–Kier alpha value is -2.34. The molecule has 0 atom stereocenters. The monoisotopic (exact) mass is 320 g/mol. The summed E-state index contributed by atoms with van der Waals surface area (Å²) in [5.41, 5.74) is 0.781. The second-order valence-corrected chi connectivity index (χ2v) is 5.31. The molecule has 0 saturated carbocycles. The zero-order valence-corrected chi connectivity index (χ0v) is 13.3. The summed E-state index contributed by atoms with van der Waals surface area (Å²) in [7, 11) is 1.53. The molecule has 0 saturated heterocycles. The fraction of sp³-hybridized carbons (Fsp3) is 0.267. The number of ether oxygens (including phenoxy) is 1. The molecule has 0 aliphatic carbocycles. The molecule has 0 fully saturated rings. The summed E-state index contributed by atoms with van der Waals surface area (Å²) < 4.78 is 5.06. The number of rotatable bonds is 5. The molecule has 6 nitrogen and oxygen atoms in total. The first-order chi connectivity index (χ1) is 10.5. The van der Waals surface area contributed by atoms with Gasteiger partial charge in [0.1, 0.15) is 11.6 Å². The summed E-state index contributed by atoms with van der Waals surface area (Å²) in [4.78, 5) is 12.1. The molecule has 1 heterocycles. The van der Waals surface area contributed by atoms with E-state index in [2.05, 4.69) is 20.8 Å². The zero-order valence-electron chi connectivity index (χ0n) is 12.6. The molecule has 0 aliphatic rings. The van der Waals surface area contributed by atoms with Crippen molar-refractivity contribution in [2.75, 3.05) is 17.7 Å². The van der Waals surface area contributed by atoms with Gasteiger partial charge in [0, 0.05) is 11.7 Å². The second kappa shape index (κ2) is 7.09. The highest BCUT2D eigenvalue weighted by atomic mass is 35.5. The van der Waals surface area contributed by atoms with Crippen LogP contribution in [0.15, 0.2) is 30.3 Å². The van der Waals surface area contributed by atoms with E-state index >= 15 is 0 Å². The predicted molar refractivity (Wildman–Crippen MR) is 86.7 cm³/mol. The van der Waals surface area contributed by atoms with Crippen molar-refractivity contribution < 1.29 is 9.53 Å². The molecule has 2 rings (SSSR count). The standard InChI is InChI=1S/C15H17ClN4O2/c1-9(2)17-14-7-5-12(19-20-14)15(21)18-10-4-6-13(22-3)11(16)8-10/h4-9H,1-3H3,(H,17,20)(H,18,21). The van der Waals surface area contributed by atoms with Gasteiger partial charge in [-0.2, -0.15) is 0 Å². The predicted octanol–water partition coefficient (Wildman–Crippen LogP) is 3.21. The summed E-state index contributed by atoms with van der Waals surface area (Å²) in [6, 6.07) is 8.56. The smallest absolute Gasteiger partial charge is 0.276 e. The number of halogens is 1. The van der Waals surface area contributed by atoms with E-state index in [0.717, 1.165) is 0 Å². The number of amides is 1. The van der Waals surface area contributed by atoms with Crippen LogP contribution in [0, 0.1) is 0 Å². The minimum Gasteiger partial charge on any atom is -0.495 e. The Morgan fingerprint density at radius 2 is 2.00 bits per heavy atom. The third-order valence-corrected chi connectivity index (χ3v) is 3.04. The van der Waals surface area contributed by atoms with E-state index in [1.807, 2.05) is 13.8 Å². The van der Waals surface area contributed by atoms with Crippen molar-refractivity contribution in [2.24, 2.45) is 0 Å². The van der Waals surface area contributed by atoms with Crippen LogP contribution in [0.1, 0.15) is 24.3 Å². The summed E-state index contributed by atoms with van der Waals surface area (Å²) in [6.45, 7) is 3.99. The molecule has 0 radical (unpaired) electrons. The molecule has 2 N–H and O–H groups in total. The third-order valence-electron chi connectivity index (χ3n) is 2.74. The Labute approximate surface area is 133 Å². The molecule has 0 aliphatic heterocycles. The highest BCUT2D eigenvalue weighted by Crippen LogP contribution is 2.27. The Morgan fingerprint density at radius 3 is 2.55 bits per heavy atom. The number of nitrogens with zero attached hydrogens (tertiary/aromatic N) is 2. The molecule has 22 heavy (non-hydrogen) atoms. The first kappa shape index (κ1) is 16.0. The van der Waals surface area contributed by atoms with Crippen molar-refractivity contribution in [3.05, 3.63) is 41.0 Å². The molecule has 7 heteroatoms. The van der Waals surface area contributed by atoms with Gasteiger partial charge in [-0.15, -0.1) is 10.2 Å². The van der Waals surface area contributed by atoms with Gasteiger partial charge in [-0.25, -0.2) is 0 Å². The summed E-state index contributed by atoms with van der Waals surface area (Å²) in [6.07, 6.45) is 0. The van der Waals surface area contributed by atoms with Crippen LogP contribution >= 0.6 is 11.6 Å². The average molecular weight is 321 g/mol. The van der Waals surface area contributed by atoms with Gasteiger partial charge in [0.05, 0.1) is 12.1 Å². The lowest BCUT2D eigenvalue weighted by Gasteiger charge is -2.09. The second-order valence-electron chi connectivity index (χ2n) is 4.91. The van der Waals surface area contributed by atoms with Crippen LogP contribution in [-0.4, -0.2) is 29.3 Å². The van der Waals surface area contributed by atoms with E-state index in [1.165, 1.54) is 7.11 Å². The van der Waals surface area contributed by atoms with Crippen LogP contribution in [0.4, 0.5) is 11.5 Å². The lowest BCUT2D eigenvalue weighted by Crippen LogP contribution is -2.16. The zero-order chi connectivity index (χ0) is 16.1. The van der Waals surface area contributed by atoms with E-state index < -0.39 is 0 Å². The van der Waals surface area contributed by atoms with Crippen LogP contribution in [0.5, 0.6) is 5.75 Å². The molecule has 1 aromatic heterocycles. The van der Waals surface area contributed by atoms with Crippen molar-refractivity contribution >= 4 is 29.0 Å². The molecule has 1 aromatic carbocycles. The number of methoxy groups -OCH3 is 1. The van der Waals surface area contributed by atoms with Gasteiger partial charge in [0.15, 0.2) is 5.69 Å². The summed E-state index contributed by atoms with van der Waals surface area (Å²) >= 11 is 6.02. The summed E-state index contributed by atoms with van der Waals surface area (Å²) in [5.74, 6) is 0.812. The SMILES string of the molecule is COc1ccc(NC(=O)c2ccc(NC(C)C)nn2)cc1Cl. The number of aromatic nitrogens is 2. The fourth-order valence-corrected chi connectivity index (χ4v) is 2.02. The van der Waals surface area contributed by atoms with Crippen molar-refractivity contribution in [3.63, 3.8) is 0 Å². The summed E-state index contributed by atoms with van der Waals surface area (Å²) in [5, 5.41) is 14.1. The van der Waals surface area contributed by atoms with Crippen LogP contribution in [0.2, 0.25) is 5.02 Å². The molecule has 0 bridgehead atoms. The van der Waals surface area contributed by atoms with Crippen LogP contribution in [0.3, 0.4) is 0 Å². The van der Waals surface area contributed by atoms with Gasteiger partial charge < -0.3 is 15.4 Å². The molecule has 116 valence electrons. The quantitative estimate of drug-likeness (QED) is 0.884. The molecular formula is C15H17ClN4O2. The third kappa shape index (κ3) is 4.08. The maximum atomic E-state index is 12.1. The van der Waals surface area contributed by atoms with Crippen LogP contribution in [-0.2, 0) is 0 Å². The first-order valence-corrected chi connectivity index (χ1v) is 7.12. The van der Waals surface area contributed by atoms with Gasteiger partial charge >= 0.3 is 0 Å². The number of hydrogen-bond donors (Lipinski definition) is 2. The van der Waals surface area contributed by atoms with Crippen molar-refractivity contribution in [1.29, 1.82) is 0 Å². The first-order valence-electron chi connectivity index (χ1n) is 6.74. The Balaban J connectivity index is 2.07. The minimum absolute atomic E-state index is 0.223. The Morgan fingerprint density at radius 1 is 1.23 bits per heavy atom. The van der Waals surface area contributed by atoms with Crippen LogP contribution < -0.4 is 15.4 Å². The Kier molecular flexibility index (Phi) is 5.16. The minimum atomic E-state index is -0.357. The highest BCUT2D eigenvalue weighted by molar-refractivity contribution is 6.32. The number of benzene rings is 1. The maximum absolute atomic E-state index is 12.1. The number of nitrogens with one attached hydrogen (secondary N) is 2. The van der Waals surface area contributed by atoms with Crippen LogP contribution in [0.25, 0.3) is 0 Å².